The highest BCUT2D eigenvalue weighted by Crippen LogP contribution is 2.52. The van der Waals surface area contributed by atoms with Gasteiger partial charge < -0.3 is 14.7 Å². The lowest BCUT2D eigenvalue weighted by Gasteiger charge is -2.33. The van der Waals surface area contributed by atoms with Crippen LogP contribution in [0.5, 0.6) is 0 Å². The fourth-order valence-corrected chi connectivity index (χ4v) is 4.65. The highest BCUT2D eigenvalue weighted by atomic mass is 16.6. The third-order valence-corrected chi connectivity index (χ3v) is 5.73. The first-order chi connectivity index (χ1) is 9.81. The maximum absolute atomic E-state index is 12.3. The summed E-state index contributed by atoms with van der Waals surface area (Å²) in [5.74, 6) is 0.122. The van der Waals surface area contributed by atoms with Crippen molar-refractivity contribution in [1.29, 1.82) is 0 Å². The van der Waals surface area contributed by atoms with Crippen LogP contribution in [0.25, 0.3) is 0 Å². The Kier molecular flexibility index (Phi) is 3.65. The van der Waals surface area contributed by atoms with Crippen molar-refractivity contribution in [1.82, 2.24) is 4.90 Å². The predicted octanol–water partition coefficient (Wildman–Crippen LogP) is 1.98. The van der Waals surface area contributed by atoms with Crippen molar-refractivity contribution in [2.45, 2.75) is 51.2 Å². The number of carbonyl (C=O) groups is 1. The number of hydrogen-bond donors (Lipinski definition) is 1. The molecule has 1 heterocycles. The van der Waals surface area contributed by atoms with E-state index in [2.05, 4.69) is 11.8 Å². The Morgan fingerprint density at radius 2 is 2.10 bits per heavy atom. The highest BCUT2D eigenvalue weighted by Gasteiger charge is 2.56. The summed E-state index contributed by atoms with van der Waals surface area (Å²) in [6.07, 6.45) is 3.62. The molecule has 118 valence electrons. The predicted molar refractivity (Wildman–Crippen MR) is 80.7 cm³/mol. The van der Waals surface area contributed by atoms with Crippen LogP contribution in [0.2, 0.25) is 0 Å². The molecule has 3 rings (SSSR count). The molecule has 4 heteroatoms. The van der Waals surface area contributed by atoms with E-state index in [1.807, 2.05) is 21.0 Å². The fourth-order valence-electron chi connectivity index (χ4n) is 4.65. The molecule has 0 amide bonds. The van der Waals surface area contributed by atoms with E-state index < -0.39 is 5.60 Å². The lowest BCUT2D eigenvalue weighted by atomic mass is 9.77. The summed E-state index contributed by atoms with van der Waals surface area (Å²) in [7, 11) is 4.00. The first-order valence-corrected chi connectivity index (χ1v) is 8.07. The van der Waals surface area contributed by atoms with Crippen molar-refractivity contribution < 1.29 is 14.6 Å². The molecule has 0 aromatic carbocycles. The minimum absolute atomic E-state index is 0.00103. The van der Waals surface area contributed by atoms with E-state index >= 15 is 0 Å². The largest absolute Gasteiger partial charge is 0.461 e. The van der Waals surface area contributed by atoms with Crippen molar-refractivity contribution in [2.24, 2.45) is 17.8 Å². The second-order valence-electron chi connectivity index (χ2n) is 7.61. The van der Waals surface area contributed by atoms with Crippen LogP contribution in [0.4, 0.5) is 0 Å². The summed E-state index contributed by atoms with van der Waals surface area (Å²) in [4.78, 5) is 14.4. The van der Waals surface area contributed by atoms with E-state index in [4.69, 9.17) is 4.74 Å². The summed E-state index contributed by atoms with van der Waals surface area (Å²) in [5, 5.41) is 10.8. The van der Waals surface area contributed by atoms with Crippen LogP contribution in [0, 0.1) is 17.8 Å². The summed E-state index contributed by atoms with van der Waals surface area (Å²) in [6, 6.07) is 0. The average molecular weight is 293 g/mol. The number of aliphatic hydroxyl groups is 1. The molecule has 2 unspecified atom stereocenters. The standard InChI is InChI=1S/C17H27NO3/c1-10-5-6-12-13(9-18(3)4)16(19)21-15(12)14-11(10)7-8-17(14,2)20/h12-15,20H,5-9H2,1-4H3/t12-,13?,14-,15?,17+/m0/s1. The molecule has 2 fully saturated rings. The van der Waals surface area contributed by atoms with Crippen molar-refractivity contribution in [3.05, 3.63) is 11.1 Å². The van der Waals surface area contributed by atoms with Crippen molar-refractivity contribution in [2.75, 3.05) is 20.6 Å². The van der Waals surface area contributed by atoms with Gasteiger partial charge in [0.15, 0.2) is 0 Å². The molecule has 4 nitrogen and oxygen atoms in total. The normalized spacial score (nSPS) is 42.9. The Labute approximate surface area is 127 Å². The van der Waals surface area contributed by atoms with E-state index in [0.29, 0.717) is 0 Å². The second kappa shape index (κ2) is 5.10. The Hall–Kier alpha value is -0.870. The topological polar surface area (TPSA) is 49.8 Å². The molecule has 0 bridgehead atoms. The van der Waals surface area contributed by atoms with Crippen molar-refractivity contribution in [3.8, 4) is 0 Å². The number of hydrogen-bond acceptors (Lipinski definition) is 4. The van der Waals surface area contributed by atoms with Crippen LogP contribution < -0.4 is 0 Å². The van der Waals surface area contributed by atoms with Crippen molar-refractivity contribution in [3.63, 3.8) is 0 Å². The van der Waals surface area contributed by atoms with E-state index in [1.165, 1.54) is 11.1 Å². The van der Waals surface area contributed by atoms with E-state index in [-0.39, 0.29) is 29.8 Å². The molecule has 0 aromatic rings. The van der Waals surface area contributed by atoms with Crippen LogP contribution in [-0.2, 0) is 9.53 Å². The van der Waals surface area contributed by atoms with Crippen LogP contribution in [0.1, 0.15) is 39.5 Å². The van der Waals surface area contributed by atoms with E-state index in [0.717, 1.165) is 32.2 Å². The number of carbonyl (C=O) groups excluding carboxylic acids is 1. The maximum Gasteiger partial charge on any atom is 0.310 e. The van der Waals surface area contributed by atoms with Gasteiger partial charge in [-0.05, 0) is 53.6 Å². The Morgan fingerprint density at radius 3 is 2.76 bits per heavy atom. The smallest absolute Gasteiger partial charge is 0.310 e. The zero-order valence-corrected chi connectivity index (χ0v) is 13.6. The lowest BCUT2D eigenvalue weighted by Crippen LogP contribution is -2.41. The lowest BCUT2D eigenvalue weighted by molar-refractivity contribution is -0.148. The highest BCUT2D eigenvalue weighted by molar-refractivity contribution is 5.76. The zero-order chi connectivity index (χ0) is 15.4. The number of fused-ring (bicyclic) bond motifs is 3. The molecule has 5 atom stereocenters. The van der Waals surface area contributed by atoms with Gasteiger partial charge in [0.2, 0.25) is 0 Å². The molecule has 21 heavy (non-hydrogen) atoms. The number of esters is 1. The third kappa shape index (κ3) is 2.42. The summed E-state index contributed by atoms with van der Waals surface area (Å²) >= 11 is 0. The fraction of sp³-hybridized carbons (Fsp3) is 0.824. The summed E-state index contributed by atoms with van der Waals surface area (Å²) in [5.41, 5.74) is 2.02. The molecule has 1 N–H and O–H groups in total. The van der Waals surface area contributed by atoms with Gasteiger partial charge >= 0.3 is 5.97 Å². The SMILES string of the molecule is CC1=C2CC[C@@](C)(O)[C@@H]2C2OC(=O)C(CN(C)C)[C@@H]2CC1. The van der Waals surface area contributed by atoms with Gasteiger partial charge in [-0.25, -0.2) is 0 Å². The minimum atomic E-state index is -0.739. The second-order valence-corrected chi connectivity index (χ2v) is 7.61. The van der Waals surface area contributed by atoms with Gasteiger partial charge in [0.05, 0.1) is 11.5 Å². The zero-order valence-electron chi connectivity index (χ0n) is 13.6. The molecule has 3 aliphatic rings. The monoisotopic (exact) mass is 293 g/mol. The van der Waals surface area contributed by atoms with Gasteiger partial charge in [0, 0.05) is 18.4 Å². The minimum Gasteiger partial charge on any atom is -0.461 e. The van der Waals surface area contributed by atoms with Crippen molar-refractivity contribution >= 4 is 5.97 Å². The van der Waals surface area contributed by atoms with Crippen LogP contribution in [0.3, 0.4) is 0 Å². The van der Waals surface area contributed by atoms with Gasteiger partial charge in [-0.1, -0.05) is 11.1 Å². The first-order valence-electron chi connectivity index (χ1n) is 8.07. The van der Waals surface area contributed by atoms with Gasteiger partial charge in [-0.15, -0.1) is 0 Å². The van der Waals surface area contributed by atoms with Gasteiger partial charge in [0.25, 0.3) is 0 Å². The first kappa shape index (κ1) is 15.0. The quantitative estimate of drug-likeness (QED) is 0.625. The average Bonchev–Trinajstić information content (AvgIpc) is 2.79. The third-order valence-electron chi connectivity index (χ3n) is 5.73. The molecule has 1 saturated heterocycles. The van der Waals surface area contributed by atoms with Crippen LogP contribution in [-0.4, -0.2) is 48.3 Å². The Balaban J connectivity index is 1.95. The van der Waals surface area contributed by atoms with Crippen LogP contribution >= 0.6 is 0 Å². The number of nitrogens with zero attached hydrogens (tertiary/aromatic N) is 1. The summed E-state index contributed by atoms with van der Waals surface area (Å²) < 4.78 is 5.80. The number of rotatable bonds is 2. The number of ether oxygens (including phenoxy) is 1. The molecule has 0 radical (unpaired) electrons. The Morgan fingerprint density at radius 1 is 1.38 bits per heavy atom. The molecule has 0 aromatic heterocycles. The number of allylic oxidation sites excluding steroid dienone is 1. The van der Waals surface area contributed by atoms with Crippen LogP contribution in [0.15, 0.2) is 11.1 Å². The van der Waals surface area contributed by atoms with E-state index in [9.17, 15) is 9.90 Å². The maximum atomic E-state index is 12.3. The molecular formula is C17H27NO3. The van der Waals surface area contributed by atoms with Gasteiger partial charge in [-0.2, -0.15) is 0 Å². The molecular weight excluding hydrogens is 266 g/mol. The molecule has 2 aliphatic carbocycles. The summed E-state index contributed by atoms with van der Waals surface area (Å²) in [6.45, 7) is 4.84. The molecule has 0 spiro atoms. The molecule has 1 saturated carbocycles. The Bertz CT molecular complexity index is 480. The van der Waals surface area contributed by atoms with Gasteiger partial charge in [-0.3, -0.25) is 4.79 Å². The molecule has 1 aliphatic heterocycles. The van der Waals surface area contributed by atoms with E-state index in [1.54, 1.807) is 0 Å². The van der Waals surface area contributed by atoms with Gasteiger partial charge in [0.1, 0.15) is 6.10 Å².